The minimum atomic E-state index is -0.504. The third-order valence-corrected chi connectivity index (χ3v) is 11.0. The predicted molar refractivity (Wildman–Crippen MR) is 227 cm³/mol. The zero-order valence-electron chi connectivity index (χ0n) is 30.2. The number of nitrogens with zero attached hydrogens (tertiary/aromatic N) is 2. The normalized spacial score (nSPS) is 12.5. The van der Waals surface area contributed by atoms with Gasteiger partial charge in [-0.2, -0.15) is 0 Å². The van der Waals surface area contributed by atoms with Gasteiger partial charge in [0.2, 0.25) is 0 Å². The summed E-state index contributed by atoms with van der Waals surface area (Å²) in [5.74, 6) is 0.699. The van der Waals surface area contributed by atoms with Gasteiger partial charge >= 0.3 is 0 Å². The molecule has 0 saturated heterocycles. The van der Waals surface area contributed by atoms with Gasteiger partial charge in [-0.05, 0) is 67.8 Å². The molecule has 0 saturated carbocycles. The van der Waals surface area contributed by atoms with Crippen molar-refractivity contribution in [3.8, 4) is 67.3 Å². The van der Waals surface area contributed by atoms with E-state index in [9.17, 15) is 0 Å². The third kappa shape index (κ3) is 5.59. The van der Waals surface area contributed by atoms with Crippen LogP contribution in [0.15, 0.2) is 218 Å². The van der Waals surface area contributed by atoms with Gasteiger partial charge in [-0.25, -0.2) is 9.97 Å². The van der Waals surface area contributed by atoms with Gasteiger partial charge in [0.15, 0.2) is 5.82 Å². The molecule has 8 aromatic carbocycles. The molecule has 258 valence electrons. The Morgan fingerprint density at radius 1 is 0.291 bits per heavy atom. The van der Waals surface area contributed by atoms with Crippen LogP contribution in [-0.2, 0) is 5.41 Å². The van der Waals surface area contributed by atoms with Crippen LogP contribution in [0.5, 0.6) is 0 Å². The molecule has 0 spiro atoms. The Balaban J connectivity index is 1.15. The van der Waals surface area contributed by atoms with Crippen LogP contribution in [0.25, 0.3) is 67.3 Å². The second kappa shape index (κ2) is 13.7. The van der Waals surface area contributed by atoms with E-state index in [-0.39, 0.29) is 0 Å². The van der Waals surface area contributed by atoms with Gasteiger partial charge < -0.3 is 0 Å². The van der Waals surface area contributed by atoms with E-state index in [1.54, 1.807) is 0 Å². The first kappa shape index (κ1) is 32.5. The van der Waals surface area contributed by atoms with Crippen molar-refractivity contribution >= 4 is 0 Å². The summed E-state index contributed by atoms with van der Waals surface area (Å²) in [6, 6.07) is 78.2. The smallest absolute Gasteiger partial charge is 0.160 e. The lowest BCUT2D eigenvalue weighted by atomic mass is 9.66. The summed E-state index contributed by atoms with van der Waals surface area (Å²) in [6.07, 6.45) is 0. The second-order valence-electron chi connectivity index (χ2n) is 14.1. The van der Waals surface area contributed by atoms with Crippen LogP contribution in [0.2, 0.25) is 0 Å². The van der Waals surface area contributed by atoms with Crippen molar-refractivity contribution in [3.05, 3.63) is 241 Å². The molecule has 0 amide bonds. The van der Waals surface area contributed by atoms with E-state index in [1.807, 2.05) is 12.1 Å². The maximum Gasteiger partial charge on any atom is 0.160 e. The monoisotopic (exact) mass is 700 g/mol. The van der Waals surface area contributed by atoms with Crippen molar-refractivity contribution in [1.29, 1.82) is 0 Å². The molecular formula is C53H36N2. The molecule has 0 bridgehead atoms. The Bertz CT molecular complexity index is 2740. The van der Waals surface area contributed by atoms with Crippen LogP contribution in [0, 0.1) is 0 Å². The van der Waals surface area contributed by atoms with Crippen molar-refractivity contribution < 1.29 is 0 Å². The maximum absolute atomic E-state index is 5.25. The minimum Gasteiger partial charge on any atom is -0.228 e. The van der Waals surface area contributed by atoms with Crippen LogP contribution >= 0.6 is 0 Å². The molecule has 2 nitrogen and oxygen atoms in total. The van der Waals surface area contributed by atoms with E-state index in [1.165, 1.54) is 44.5 Å². The number of fused-ring (bicyclic) bond motifs is 3. The SMILES string of the molecule is c1ccc(-c2ccc(-c3nc(-c4ccccc4)cc(-c4cccc(-c5cccc6c5C(c5ccccc5)(c5ccccc5)c5ccccc5-6)c4)n3)cc2)cc1. The number of benzene rings is 8. The van der Waals surface area contributed by atoms with Crippen molar-refractivity contribution in [2.75, 3.05) is 0 Å². The summed E-state index contributed by atoms with van der Waals surface area (Å²) in [7, 11) is 0. The highest BCUT2D eigenvalue weighted by Crippen LogP contribution is 2.58. The van der Waals surface area contributed by atoms with Crippen LogP contribution in [-0.4, -0.2) is 9.97 Å². The third-order valence-electron chi connectivity index (χ3n) is 11.0. The molecule has 0 aliphatic heterocycles. The van der Waals surface area contributed by atoms with Gasteiger partial charge in [0, 0.05) is 16.7 Å². The molecule has 10 rings (SSSR count). The van der Waals surface area contributed by atoms with E-state index in [4.69, 9.17) is 9.97 Å². The molecule has 2 heteroatoms. The van der Waals surface area contributed by atoms with Gasteiger partial charge in [-0.1, -0.05) is 206 Å². The van der Waals surface area contributed by atoms with E-state index >= 15 is 0 Å². The number of hydrogen-bond acceptors (Lipinski definition) is 2. The highest BCUT2D eigenvalue weighted by molar-refractivity contribution is 5.93. The van der Waals surface area contributed by atoms with E-state index in [0.29, 0.717) is 5.82 Å². The maximum atomic E-state index is 5.25. The van der Waals surface area contributed by atoms with E-state index in [2.05, 4.69) is 206 Å². The molecule has 1 heterocycles. The zero-order valence-corrected chi connectivity index (χ0v) is 30.2. The average molecular weight is 701 g/mol. The minimum absolute atomic E-state index is 0.504. The lowest BCUT2D eigenvalue weighted by molar-refractivity contribution is 0.770. The number of hydrogen-bond donors (Lipinski definition) is 0. The summed E-state index contributed by atoms with van der Waals surface area (Å²) in [5.41, 5.74) is 16.7. The van der Waals surface area contributed by atoms with Crippen LogP contribution in [0.4, 0.5) is 0 Å². The molecule has 1 aromatic heterocycles. The Morgan fingerprint density at radius 3 is 1.42 bits per heavy atom. The standard InChI is InChI=1S/C53H36N2/c1-5-17-37(18-6-1)38-31-33-40(34-32-38)52-54-49(39-19-7-2-8-20-39)36-50(55-52)42-22-15-21-41(35-42)45-28-16-29-47-46-27-13-14-30-48(46)53(51(45)47,43-23-9-3-10-24-43)44-25-11-4-12-26-44/h1-36H. The summed E-state index contributed by atoms with van der Waals surface area (Å²) >= 11 is 0. The Kier molecular flexibility index (Phi) is 8.08. The molecule has 0 N–H and O–H groups in total. The van der Waals surface area contributed by atoms with Crippen molar-refractivity contribution in [1.82, 2.24) is 9.97 Å². The lowest BCUT2D eigenvalue weighted by Crippen LogP contribution is -2.29. The van der Waals surface area contributed by atoms with Gasteiger partial charge in [0.25, 0.3) is 0 Å². The Morgan fingerprint density at radius 2 is 0.745 bits per heavy atom. The first-order chi connectivity index (χ1) is 27.3. The molecule has 1 aliphatic carbocycles. The molecule has 0 radical (unpaired) electrons. The van der Waals surface area contributed by atoms with Crippen LogP contribution in [0.3, 0.4) is 0 Å². The van der Waals surface area contributed by atoms with Gasteiger partial charge in [0.1, 0.15) is 0 Å². The van der Waals surface area contributed by atoms with Gasteiger partial charge in [-0.3, -0.25) is 0 Å². The molecule has 55 heavy (non-hydrogen) atoms. The first-order valence-corrected chi connectivity index (χ1v) is 18.8. The highest BCUT2D eigenvalue weighted by Gasteiger charge is 2.47. The molecular weight excluding hydrogens is 665 g/mol. The summed E-state index contributed by atoms with van der Waals surface area (Å²) in [5, 5.41) is 0. The van der Waals surface area contributed by atoms with E-state index in [0.717, 1.165) is 39.2 Å². The Hall–Kier alpha value is -7.16. The van der Waals surface area contributed by atoms with Crippen molar-refractivity contribution in [3.63, 3.8) is 0 Å². The number of rotatable bonds is 7. The van der Waals surface area contributed by atoms with E-state index < -0.39 is 5.41 Å². The fraction of sp³-hybridized carbons (Fsp3) is 0.0189. The summed E-state index contributed by atoms with van der Waals surface area (Å²) < 4.78 is 0. The fourth-order valence-corrected chi connectivity index (χ4v) is 8.51. The quantitative estimate of drug-likeness (QED) is 0.165. The van der Waals surface area contributed by atoms with Crippen LogP contribution < -0.4 is 0 Å². The lowest BCUT2D eigenvalue weighted by Gasteiger charge is -2.35. The fourth-order valence-electron chi connectivity index (χ4n) is 8.51. The molecule has 0 fully saturated rings. The van der Waals surface area contributed by atoms with Crippen molar-refractivity contribution in [2.24, 2.45) is 0 Å². The molecule has 0 unspecified atom stereocenters. The first-order valence-electron chi connectivity index (χ1n) is 18.8. The summed E-state index contributed by atoms with van der Waals surface area (Å²) in [6.45, 7) is 0. The predicted octanol–water partition coefficient (Wildman–Crippen LogP) is 13.2. The van der Waals surface area contributed by atoms with Gasteiger partial charge in [-0.15, -0.1) is 0 Å². The number of aromatic nitrogens is 2. The molecule has 9 aromatic rings. The zero-order chi connectivity index (χ0) is 36.6. The molecule has 0 atom stereocenters. The Labute approximate surface area is 322 Å². The van der Waals surface area contributed by atoms with Gasteiger partial charge in [0.05, 0.1) is 16.8 Å². The molecule has 1 aliphatic rings. The highest BCUT2D eigenvalue weighted by atomic mass is 14.9. The van der Waals surface area contributed by atoms with Crippen molar-refractivity contribution in [2.45, 2.75) is 5.41 Å². The summed E-state index contributed by atoms with van der Waals surface area (Å²) in [4.78, 5) is 10.4. The topological polar surface area (TPSA) is 25.8 Å². The average Bonchev–Trinajstić information content (AvgIpc) is 3.59. The largest absolute Gasteiger partial charge is 0.228 e. The second-order valence-corrected chi connectivity index (χ2v) is 14.1. The van der Waals surface area contributed by atoms with Crippen LogP contribution in [0.1, 0.15) is 22.3 Å².